The average molecular weight is 434 g/mol. The number of aliphatic hydroxyl groups is 1. The number of benzene rings is 1. The molecule has 0 radical (unpaired) electrons. The molecule has 0 aromatic heterocycles. The Kier molecular flexibility index (Phi) is 5.56. The molecule has 1 aliphatic heterocycles. The summed E-state index contributed by atoms with van der Waals surface area (Å²) in [7, 11) is 1.13. The van der Waals surface area contributed by atoms with Gasteiger partial charge in [-0.1, -0.05) is 26.0 Å². The standard InChI is InChI=1S/C21H26N2O8/c1-19(2)20(3)9-10-21(19,31-18(20)27)17(26)22-15(16(25)30-4)14(24)11-12-5-7-13(8-6-12)23(28)29/h5-8,14-15,24H,9-11H2,1-4H3,(H,22,26)/t14-,15+,20+,21-/m1/s1. The highest BCUT2D eigenvalue weighted by molar-refractivity contribution is 5.98. The average Bonchev–Trinajstić information content (AvgIpc) is 3.02. The topological polar surface area (TPSA) is 145 Å². The summed E-state index contributed by atoms with van der Waals surface area (Å²) in [6.07, 6.45) is -0.658. The van der Waals surface area contributed by atoms with Crippen LogP contribution in [0.5, 0.6) is 0 Å². The van der Waals surface area contributed by atoms with Gasteiger partial charge in [0.1, 0.15) is 0 Å². The quantitative estimate of drug-likeness (QED) is 0.371. The summed E-state index contributed by atoms with van der Waals surface area (Å²) in [4.78, 5) is 48.3. The zero-order valence-corrected chi connectivity index (χ0v) is 17.8. The van der Waals surface area contributed by atoms with Gasteiger partial charge in [0, 0.05) is 24.0 Å². The predicted octanol–water partition coefficient (Wildman–Crippen LogP) is 1.28. The lowest BCUT2D eigenvalue weighted by Crippen LogP contribution is -2.59. The molecular formula is C21H26N2O8. The van der Waals surface area contributed by atoms with Gasteiger partial charge in [-0.2, -0.15) is 0 Å². The number of nitro groups is 1. The molecule has 1 amide bonds. The summed E-state index contributed by atoms with van der Waals surface area (Å²) < 4.78 is 10.3. The summed E-state index contributed by atoms with van der Waals surface area (Å²) >= 11 is 0. The van der Waals surface area contributed by atoms with Crippen molar-refractivity contribution in [3.05, 3.63) is 39.9 Å². The van der Waals surface area contributed by atoms with E-state index in [-0.39, 0.29) is 12.1 Å². The number of aliphatic hydroxyl groups excluding tert-OH is 1. The Morgan fingerprint density at radius 2 is 1.87 bits per heavy atom. The first kappa shape index (κ1) is 22.7. The number of hydrogen-bond acceptors (Lipinski definition) is 8. The lowest BCUT2D eigenvalue weighted by atomic mass is 9.66. The highest BCUT2D eigenvalue weighted by atomic mass is 16.6. The monoisotopic (exact) mass is 434 g/mol. The van der Waals surface area contributed by atoms with Crippen molar-refractivity contribution in [3.63, 3.8) is 0 Å². The molecule has 10 heteroatoms. The number of non-ortho nitro benzene ring substituents is 1. The summed E-state index contributed by atoms with van der Waals surface area (Å²) in [5.41, 5.74) is -2.66. The number of amides is 1. The van der Waals surface area contributed by atoms with Gasteiger partial charge in [0.05, 0.1) is 23.6 Å². The molecular weight excluding hydrogens is 408 g/mol. The van der Waals surface area contributed by atoms with Crippen LogP contribution in [0.4, 0.5) is 5.69 Å². The maximum Gasteiger partial charge on any atom is 0.331 e. The van der Waals surface area contributed by atoms with Crippen molar-refractivity contribution in [2.24, 2.45) is 10.8 Å². The third kappa shape index (κ3) is 3.34. The Labute approximate surface area is 179 Å². The Hall–Kier alpha value is -3.01. The molecule has 31 heavy (non-hydrogen) atoms. The highest BCUT2D eigenvalue weighted by Gasteiger charge is 2.75. The summed E-state index contributed by atoms with van der Waals surface area (Å²) in [6.45, 7) is 5.33. The van der Waals surface area contributed by atoms with Gasteiger partial charge >= 0.3 is 11.9 Å². The van der Waals surface area contributed by atoms with Gasteiger partial charge in [0.15, 0.2) is 11.6 Å². The molecule has 1 heterocycles. The van der Waals surface area contributed by atoms with Crippen LogP contribution in [0.25, 0.3) is 0 Å². The van der Waals surface area contributed by atoms with E-state index in [1.54, 1.807) is 20.8 Å². The van der Waals surface area contributed by atoms with E-state index in [0.29, 0.717) is 18.4 Å². The largest absolute Gasteiger partial charge is 0.467 e. The van der Waals surface area contributed by atoms with Crippen molar-refractivity contribution >= 4 is 23.5 Å². The highest BCUT2D eigenvalue weighted by Crippen LogP contribution is 2.65. The van der Waals surface area contributed by atoms with Crippen LogP contribution in [-0.4, -0.2) is 52.7 Å². The fourth-order valence-electron chi connectivity index (χ4n) is 4.56. The Bertz CT molecular complexity index is 928. The molecule has 0 spiro atoms. The van der Waals surface area contributed by atoms with E-state index in [9.17, 15) is 29.6 Å². The van der Waals surface area contributed by atoms with Crippen molar-refractivity contribution in [2.75, 3.05) is 7.11 Å². The molecule has 2 fully saturated rings. The molecule has 1 saturated carbocycles. The second kappa shape index (κ2) is 7.60. The number of rotatable bonds is 7. The van der Waals surface area contributed by atoms with E-state index in [0.717, 1.165) is 7.11 Å². The van der Waals surface area contributed by atoms with Crippen molar-refractivity contribution in [2.45, 2.75) is 57.8 Å². The number of nitro benzene ring substituents is 1. The SMILES string of the molecule is COC(=O)[C@@H](NC(=O)[C@@]12CC[C@@](C)(C(=O)O1)C2(C)C)[C@H](O)Cc1ccc([N+](=O)[O-])cc1. The molecule has 2 aliphatic rings. The zero-order valence-electron chi connectivity index (χ0n) is 17.8. The molecule has 1 saturated heterocycles. The molecule has 10 nitrogen and oxygen atoms in total. The Morgan fingerprint density at radius 1 is 1.26 bits per heavy atom. The third-order valence-electron chi connectivity index (χ3n) is 7.17. The van der Waals surface area contributed by atoms with Crippen LogP contribution in [0.15, 0.2) is 24.3 Å². The molecule has 1 aromatic carbocycles. The minimum atomic E-state index is -1.45. The first-order valence-electron chi connectivity index (χ1n) is 9.93. The molecule has 4 atom stereocenters. The number of methoxy groups -OCH3 is 1. The number of hydrogen-bond donors (Lipinski definition) is 2. The lowest BCUT2D eigenvalue weighted by Gasteiger charge is -2.36. The van der Waals surface area contributed by atoms with E-state index in [4.69, 9.17) is 9.47 Å². The van der Waals surface area contributed by atoms with Crippen molar-refractivity contribution in [1.82, 2.24) is 5.32 Å². The second-order valence-electron chi connectivity index (χ2n) is 8.84. The maximum atomic E-state index is 13.3. The minimum absolute atomic E-state index is 0.0636. The molecule has 2 N–H and O–H groups in total. The first-order chi connectivity index (χ1) is 14.4. The van der Waals surface area contributed by atoms with E-state index in [1.807, 2.05) is 0 Å². The van der Waals surface area contributed by atoms with Crippen LogP contribution in [0.1, 0.15) is 39.2 Å². The van der Waals surface area contributed by atoms with Gasteiger partial charge < -0.3 is 19.9 Å². The number of ether oxygens (including phenoxy) is 2. The van der Waals surface area contributed by atoms with Gasteiger partial charge in [0.2, 0.25) is 0 Å². The van der Waals surface area contributed by atoms with Crippen molar-refractivity contribution in [3.8, 4) is 0 Å². The molecule has 2 bridgehead atoms. The number of esters is 2. The van der Waals surface area contributed by atoms with Gasteiger partial charge in [-0.05, 0) is 25.3 Å². The van der Waals surface area contributed by atoms with Crippen LogP contribution in [-0.2, 0) is 30.3 Å². The number of nitrogens with zero attached hydrogens (tertiary/aromatic N) is 1. The Morgan fingerprint density at radius 3 is 2.32 bits per heavy atom. The first-order valence-corrected chi connectivity index (χ1v) is 9.93. The van der Waals surface area contributed by atoms with Crippen molar-refractivity contribution in [1.29, 1.82) is 0 Å². The minimum Gasteiger partial charge on any atom is -0.467 e. The van der Waals surface area contributed by atoms with E-state index in [2.05, 4.69) is 5.32 Å². The van der Waals surface area contributed by atoms with Crippen LogP contribution in [0.3, 0.4) is 0 Å². The molecule has 3 rings (SSSR count). The normalized spacial score (nSPS) is 27.8. The van der Waals surface area contributed by atoms with E-state index < -0.39 is 51.3 Å². The fourth-order valence-corrected chi connectivity index (χ4v) is 4.56. The summed E-state index contributed by atoms with van der Waals surface area (Å²) in [5, 5.41) is 24.0. The number of fused-ring (bicyclic) bond motifs is 2. The van der Waals surface area contributed by atoms with Crippen LogP contribution in [0, 0.1) is 20.9 Å². The molecule has 1 aromatic rings. The van der Waals surface area contributed by atoms with Gasteiger partial charge in [-0.15, -0.1) is 0 Å². The number of carbonyl (C=O) groups is 3. The third-order valence-corrected chi connectivity index (χ3v) is 7.17. The number of nitrogens with one attached hydrogen (secondary N) is 1. The Balaban J connectivity index is 1.80. The van der Waals surface area contributed by atoms with E-state index >= 15 is 0 Å². The maximum absolute atomic E-state index is 13.3. The zero-order chi connectivity index (χ0) is 23.2. The van der Waals surface area contributed by atoms with Gasteiger partial charge in [0.25, 0.3) is 11.6 Å². The smallest absolute Gasteiger partial charge is 0.331 e. The van der Waals surface area contributed by atoms with Crippen LogP contribution in [0.2, 0.25) is 0 Å². The van der Waals surface area contributed by atoms with Gasteiger partial charge in [-0.3, -0.25) is 19.7 Å². The fraction of sp³-hybridized carbons (Fsp3) is 0.571. The van der Waals surface area contributed by atoms with Gasteiger partial charge in [-0.25, -0.2) is 4.79 Å². The van der Waals surface area contributed by atoms with Crippen LogP contribution >= 0.6 is 0 Å². The molecule has 168 valence electrons. The molecule has 0 unspecified atom stereocenters. The second-order valence-corrected chi connectivity index (χ2v) is 8.84. The predicted molar refractivity (Wildman–Crippen MR) is 107 cm³/mol. The number of carbonyl (C=O) groups excluding carboxylic acids is 3. The molecule has 1 aliphatic carbocycles. The van der Waals surface area contributed by atoms with Crippen LogP contribution < -0.4 is 5.32 Å². The summed E-state index contributed by atoms with van der Waals surface area (Å²) in [6, 6.07) is 4.07. The van der Waals surface area contributed by atoms with Crippen molar-refractivity contribution < 1.29 is 33.9 Å². The summed E-state index contributed by atoms with van der Waals surface area (Å²) in [5.74, 6) is -1.98. The lowest BCUT2D eigenvalue weighted by molar-refractivity contribution is -0.384. The van der Waals surface area contributed by atoms with E-state index in [1.165, 1.54) is 24.3 Å².